The summed E-state index contributed by atoms with van der Waals surface area (Å²) in [6.07, 6.45) is -3.51. The molecule has 3 atom stereocenters. The first-order valence-corrected chi connectivity index (χ1v) is 10.9. The van der Waals surface area contributed by atoms with Gasteiger partial charge in [0.05, 0.1) is 6.04 Å². The van der Waals surface area contributed by atoms with Gasteiger partial charge in [-0.1, -0.05) is 41.4 Å². The lowest BCUT2D eigenvalue weighted by atomic mass is 9.81. The van der Waals surface area contributed by atoms with E-state index in [2.05, 4.69) is 11.9 Å². The Balaban J connectivity index is 1.63. The number of alkyl halides is 3. The van der Waals surface area contributed by atoms with Crippen molar-refractivity contribution in [2.75, 3.05) is 0 Å². The zero-order chi connectivity index (χ0) is 23.9. The van der Waals surface area contributed by atoms with E-state index in [0.717, 1.165) is 0 Å². The van der Waals surface area contributed by atoms with Gasteiger partial charge in [-0.15, -0.1) is 6.58 Å². The summed E-state index contributed by atoms with van der Waals surface area (Å²) in [6, 6.07) is 7.05. The molecule has 0 aliphatic carbocycles. The van der Waals surface area contributed by atoms with E-state index >= 15 is 0 Å². The number of ether oxygens (including phenoxy) is 1. The number of carbonyl (C=O) groups is 2. The SMILES string of the molecule is C=CCC1CC(C(=O)NC2c3ccc(Cl)cc3Oc3cc(Cl)ccc32)C(=O)NC1C(F)(F)F. The molecule has 4 rings (SSSR count). The Hall–Kier alpha value is -2.71. The molecule has 2 aliphatic rings. The van der Waals surface area contributed by atoms with E-state index in [4.69, 9.17) is 27.9 Å². The number of fused-ring (bicyclic) bond motifs is 2. The van der Waals surface area contributed by atoms with Crippen LogP contribution in [0.5, 0.6) is 11.5 Å². The van der Waals surface area contributed by atoms with Crippen LogP contribution in [0.4, 0.5) is 13.2 Å². The fraction of sp³-hybridized carbons (Fsp3) is 0.304. The number of amides is 2. The first-order valence-electron chi connectivity index (χ1n) is 10.1. The number of hydrogen-bond donors (Lipinski definition) is 2. The molecule has 2 amide bonds. The molecule has 1 fully saturated rings. The van der Waals surface area contributed by atoms with Crippen molar-refractivity contribution < 1.29 is 27.5 Å². The van der Waals surface area contributed by atoms with Crippen molar-refractivity contribution in [3.05, 3.63) is 70.2 Å². The summed E-state index contributed by atoms with van der Waals surface area (Å²) in [5.74, 6) is -3.13. The Kier molecular flexibility index (Phi) is 6.33. The molecular formula is C23H19Cl2F3N2O3. The van der Waals surface area contributed by atoms with Crippen molar-refractivity contribution in [1.29, 1.82) is 0 Å². The molecule has 0 saturated carbocycles. The molecule has 5 nitrogen and oxygen atoms in total. The van der Waals surface area contributed by atoms with Crippen molar-refractivity contribution in [2.45, 2.75) is 31.1 Å². The Morgan fingerprint density at radius 2 is 1.73 bits per heavy atom. The van der Waals surface area contributed by atoms with E-state index in [0.29, 0.717) is 32.7 Å². The zero-order valence-electron chi connectivity index (χ0n) is 17.1. The second-order valence-corrected chi connectivity index (χ2v) is 8.88. The maximum atomic E-state index is 13.4. The van der Waals surface area contributed by atoms with Crippen LogP contribution >= 0.6 is 23.2 Å². The van der Waals surface area contributed by atoms with E-state index in [1.54, 1.807) is 36.4 Å². The van der Waals surface area contributed by atoms with E-state index in [9.17, 15) is 22.8 Å². The minimum atomic E-state index is -4.62. The molecule has 0 radical (unpaired) electrons. The summed E-state index contributed by atoms with van der Waals surface area (Å²) < 4.78 is 46.1. The van der Waals surface area contributed by atoms with Gasteiger partial charge in [0.15, 0.2) is 0 Å². The number of benzene rings is 2. The number of allylic oxidation sites excluding steroid dienone is 1. The highest BCUT2D eigenvalue weighted by Gasteiger charge is 2.51. The van der Waals surface area contributed by atoms with Crippen LogP contribution in [0.15, 0.2) is 49.1 Å². The summed E-state index contributed by atoms with van der Waals surface area (Å²) in [5.41, 5.74) is 1.18. The highest BCUT2D eigenvalue weighted by atomic mass is 35.5. The van der Waals surface area contributed by atoms with Crippen molar-refractivity contribution >= 4 is 35.0 Å². The lowest BCUT2D eigenvalue weighted by Gasteiger charge is -2.37. The van der Waals surface area contributed by atoms with E-state index in [1.807, 2.05) is 5.32 Å². The zero-order valence-corrected chi connectivity index (χ0v) is 18.6. The molecule has 0 bridgehead atoms. The smallest absolute Gasteiger partial charge is 0.408 e. The molecule has 2 aromatic rings. The number of hydrogen-bond acceptors (Lipinski definition) is 3. The van der Waals surface area contributed by atoms with Crippen LogP contribution in [0, 0.1) is 11.8 Å². The first-order chi connectivity index (χ1) is 15.6. The van der Waals surface area contributed by atoms with Crippen LogP contribution in [0.1, 0.15) is 30.0 Å². The maximum Gasteiger partial charge on any atom is 0.408 e. The van der Waals surface area contributed by atoms with Gasteiger partial charge in [-0.05, 0) is 43.0 Å². The Labute approximate surface area is 197 Å². The second-order valence-electron chi connectivity index (χ2n) is 8.01. The van der Waals surface area contributed by atoms with Crippen LogP contribution < -0.4 is 15.4 Å². The van der Waals surface area contributed by atoms with Gasteiger partial charge in [-0.3, -0.25) is 9.59 Å². The summed E-state index contributed by atoms with van der Waals surface area (Å²) >= 11 is 12.2. The lowest BCUT2D eigenvalue weighted by molar-refractivity contribution is -0.181. The third-order valence-electron chi connectivity index (χ3n) is 5.84. The van der Waals surface area contributed by atoms with Crippen LogP contribution in [0.25, 0.3) is 0 Å². The third kappa shape index (κ3) is 4.68. The molecule has 33 heavy (non-hydrogen) atoms. The Morgan fingerprint density at radius 3 is 2.24 bits per heavy atom. The number of rotatable bonds is 4. The molecule has 0 aromatic heterocycles. The van der Waals surface area contributed by atoms with Gasteiger partial charge in [0.25, 0.3) is 0 Å². The van der Waals surface area contributed by atoms with Crippen LogP contribution in [0.3, 0.4) is 0 Å². The minimum Gasteiger partial charge on any atom is -0.456 e. The average molecular weight is 499 g/mol. The van der Waals surface area contributed by atoms with Crippen LogP contribution in [0.2, 0.25) is 10.0 Å². The van der Waals surface area contributed by atoms with Crippen molar-refractivity contribution in [1.82, 2.24) is 10.6 Å². The number of halogens is 5. The predicted molar refractivity (Wildman–Crippen MR) is 117 cm³/mol. The molecule has 2 N–H and O–H groups in total. The molecule has 10 heteroatoms. The highest BCUT2D eigenvalue weighted by molar-refractivity contribution is 6.31. The third-order valence-corrected chi connectivity index (χ3v) is 6.31. The van der Waals surface area contributed by atoms with E-state index in [-0.39, 0.29) is 12.8 Å². The number of piperidine rings is 1. The molecule has 1 saturated heterocycles. The molecule has 2 aromatic carbocycles. The predicted octanol–water partition coefficient (Wildman–Crippen LogP) is 5.56. The normalized spacial score (nSPS) is 22.5. The molecule has 0 spiro atoms. The van der Waals surface area contributed by atoms with Gasteiger partial charge in [-0.25, -0.2) is 0 Å². The minimum absolute atomic E-state index is 0.00811. The molecule has 174 valence electrons. The van der Waals surface area contributed by atoms with Gasteiger partial charge >= 0.3 is 6.18 Å². The standard InChI is InChI=1S/C23H19Cl2F3N2O3/c1-2-3-11-8-16(22(32)30-20(11)23(26,27)28)21(31)29-19-14-6-4-12(24)9-17(14)33-18-10-13(25)5-7-15(18)19/h2,4-7,9-11,16,19-20H,1,3,8H2,(H,29,31)(H,30,32). The summed E-state index contributed by atoms with van der Waals surface area (Å²) in [6.45, 7) is 3.50. The lowest BCUT2D eigenvalue weighted by Crippen LogP contribution is -2.59. The van der Waals surface area contributed by atoms with Crippen LogP contribution in [-0.2, 0) is 9.59 Å². The average Bonchev–Trinajstić information content (AvgIpc) is 2.73. The van der Waals surface area contributed by atoms with Gasteiger partial charge in [0.2, 0.25) is 11.8 Å². The van der Waals surface area contributed by atoms with Crippen molar-refractivity contribution in [2.24, 2.45) is 11.8 Å². The van der Waals surface area contributed by atoms with Crippen molar-refractivity contribution in [3.63, 3.8) is 0 Å². The topological polar surface area (TPSA) is 67.4 Å². The summed E-state index contributed by atoms with van der Waals surface area (Å²) in [4.78, 5) is 25.7. The summed E-state index contributed by atoms with van der Waals surface area (Å²) in [7, 11) is 0. The van der Waals surface area contributed by atoms with E-state index < -0.39 is 41.9 Å². The second kappa shape index (κ2) is 8.91. The first kappa shape index (κ1) is 23.4. The Bertz CT molecular complexity index is 1070. The Morgan fingerprint density at radius 1 is 1.15 bits per heavy atom. The van der Waals surface area contributed by atoms with Gasteiger partial charge in [0, 0.05) is 21.2 Å². The van der Waals surface area contributed by atoms with Crippen LogP contribution in [-0.4, -0.2) is 24.0 Å². The molecule has 2 heterocycles. The maximum absolute atomic E-state index is 13.4. The monoisotopic (exact) mass is 498 g/mol. The van der Waals surface area contributed by atoms with Crippen molar-refractivity contribution in [3.8, 4) is 11.5 Å². The summed E-state index contributed by atoms with van der Waals surface area (Å²) in [5, 5.41) is 5.63. The fourth-order valence-electron chi connectivity index (χ4n) is 4.29. The molecule has 2 aliphatic heterocycles. The fourth-order valence-corrected chi connectivity index (χ4v) is 4.62. The largest absolute Gasteiger partial charge is 0.456 e. The van der Waals surface area contributed by atoms with Gasteiger partial charge in [0.1, 0.15) is 23.5 Å². The highest BCUT2D eigenvalue weighted by Crippen LogP contribution is 2.45. The van der Waals surface area contributed by atoms with Gasteiger partial charge in [-0.2, -0.15) is 13.2 Å². The van der Waals surface area contributed by atoms with E-state index in [1.165, 1.54) is 6.08 Å². The molecule has 3 unspecified atom stereocenters. The number of nitrogens with one attached hydrogen (secondary N) is 2. The number of carbonyl (C=O) groups excluding carboxylic acids is 2. The molecular weight excluding hydrogens is 480 g/mol. The van der Waals surface area contributed by atoms with Gasteiger partial charge < -0.3 is 15.4 Å². The quantitative estimate of drug-likeness (QED) is 0.428.